The van der Waals surface area contributed by atoms with Gasteiger partial charge in [-0.15, -0.1) is 5.10 Å². The first kappa shape index (κ1) is 13.0. The minimum Gasteiger partial charge on any atom is -0.394 e. The van der Waals surface area contributed by atoms with Gasteiger partial charge >= 0.3 is 0 Å². The predicted molar refractivity (Wildman–Crippen MR) is 71.5 cm³/mol. The van der Waals surface area contributed by atoms with Gasteiger partial charge in [-0.1, -0.05) is 5.21 Å². The summed E-state index contributed by atoms with van der Waals surface area (Å²) in [5, 5.41) is 20.3. The molecule has 2 aliphatic rings. The van der Waals surface area contributed by atoms with E-state index in [1.54, 1.807) is 4.68 Å². The number of aliphatic hydroxyl groups excluding tert-OH is 1. The third kappa shape index (κ3) is 3.52. The van der Waals surface area contributed by atoms with E-state index in [0.717, 1.165) is 30.7 Å². The van der Waals surface area contributed by atoms with Crippen molar-refractivity contribution in [1.82, 2.24) is 25.2 Å². The van der Waals surface area contributed by atoms with Crippen LogP contribution in [0.15, 0.2) is 6.20 Å². The van der Waals surface area contributed by atoms with Gasteiger partial charge in [0.15, 0.2) is 0 Å². The minimum atomic E-state index is 0.106. The SMILES string of the molecule is OCCn1cc(CNCC2CCN(C3CC3)C2)nn1. The number of hydrogen-bond acceptors (Lipinski definition) is 5. The Hall–Kier alpha value is -0.980. The van der Waals surface area contributed by atoms with Crippen molar-refractivity contribution in [3.8, 4) is 0 Å². The fourth-order valence-corrected chi connectivity index (χ4v) is 2.84. The van der Waals surface area contributed by atoms with Gasteiger partial charge in [0.25, 0.3) is 0 Å². The molecule has 1 aliphatic carbocycles. The molecular formula is C13H23N5O. The summed E-state index contributed by atoms with van der Waals surface area (Å²) in [7, 11) is 0. The van der Waals surface area contributed by atoms with Crippen molar-refractivity contribution in [3.05, 3.63) is 11.9 Å². The molecule has 106 valence electrons. The third-order valence-electron chi connectivity index (χ3n) is 4.03. The van der Waals surface area contributed by atoms with Gasteiger partial charge < -0.3 is 15.3 Å². The van der Waals surface area contributed by atoms with Crippen LogP contribution in [0.2, 0.25) is 0 Å². The fraction of sp³-hybridized carbons (Fsp3) is 0.846. The monoisotopic (exact) mass is 265 g/mol. The zero-order valence-electron chi connectivity index (χ0n) is 11.3. The average Bonchev–Trinajstić information content (AvgIpc) is 2.99. The first-order valence-electron chi connectivity index (χ1n) is 7.30. The van der Waals surface area contributed by atoms with E-state index in [1.807, 2.05) is 6.20 Å². The van der Waals surface area contributed by atoms with Crippen LogP contribution in [0.1, 0.15) is 25.0 Å². The lowest BCUT2D eigenvalue weighted by atomic mass is 10.1. The van der Waals surface area contributed by atoms with Crippen LogP contribution in [-0.2, 0) is 13.1 Å². The van der Waals surface area contributed by atoms with Gasteiger partial charge in [-0.05, 0) is 38.3 Å². The van der Waals surface area contributed by atoms with Crippen molar-refractivity contribution in [2.45, 2.75) is 38.4 Å². The van der Waals surface area contributed by atoms with Crippen LogP contribution in [0.4, 0.5) is 0 Å². The van der Waals surface area contributed by atoms with E-state index < -0.39 is 0 Å². The van der Waals surface area contributed by atoms with Gasteiger partial charge in [0.1, 0.15) is 0 Å². The van der Waals surface area contributed by atoms with Crippen LogP contribution in [-0.4, -0.2) is 57.3 Å². The first-order chi connectivity index (χ1) is 9.35. The lowest BCUT2D eigenvalue weighted by molar-refractivity contribution is 0.268. The van der Waals surface area contributed by atoms with Gasteiger partial charge in [0.05, 0.1) is 18.8 Å². The highest BCUT2D eigenvalue weighted by Gasteiger charge is 2.33. The smallest absolute Gasteiger partial charge is 0.0964 e. The van der Waals surface area contributed by atoms with Crippen molar-refractivity contribution < 1.29 is 5.11 Å². The van der Waals surface area contributed by atoms with Gasteiger partial charge in [0.2, 0.25) is 0 Å². The predicted octanol–water partition coefficient (Wildman–Crippen LogP) is -0.156. The molecule has 3 rings (SSSR count). The molecule has 1 atom stereocenters. The van der Waals surface area contributed by atoms with Crippen LogP contribution >= 0.6 is 0 Å². The molecule has 0 amide bonds. The van der Waals surface area contributed by atoms with Crippen LogP contribution in [0, 0.1) is 5.92 Å². The van der Waals surface area contributed by atoms with Gasteiger partial charge in [0, 0.05) is 25.3 Å². The lowest BCUT2D eigenvalue weighted by Gasteiger charge is -2.14. The zero-order chi connectivity index (χ0) is 13.1. The molecular weight excluding hydrogens is 242 g/mol. The second-order valence-corrected chi connectivity index (χ2v) is 5.71. The van der Waals surface area contributed by atoms with Crippen LogP contribution in [0.25, 0.3) is 0 Å². The molecule has 2 fully saturated rings. The van der Waals surface area contributed by atoms with Gasteiger partial charge in [-0.2, -0.15) is 0 Å². The van der Waals surface area contributed by atoms with E-state index in [1.165, 1.54) is 32.4 Å². The third-order valence-corrected chi connectivity index (χ3v) is 4.03. The van der Waals surface area contributed by atoms with E-state index in [0.29, 0.717) is 6.54 Å². The summed E-state index contributed by atoms with van der Waals surface area (Å²) in [6.45, 7) is 5.00. The highest BCUT2D eigenvalue weighted by Crippen LogP contribution is 2.31. The van der Waals surface area contributed by atoms with E-state index in [2.05, 4.69) is 20.5 Å². The van der Waals surface area contributed by atoms with Crippen LogP contribution in [0.5, 0.6) is 0 Å². The summed E-state index contributed by atoms with van der Waals surface area (Å²) >= 11 is 0. The fourth-order valence-electron chi connectivity index (χ4n) is 2.84. The molecule has 1 aromatic heterocycles. The highest BCUT2D eigenvalue weighted by atomic mass is 16.3. The molecule has 1 unspecified atom stereocenters. The Labute approximate surface area is 113 Å². The van der Waals surface area contributed by atoms with Gasteiger partial charge in [-0.3, -0.25) is 0 Å². The second kappa shape index (κ2) is 5.98. The molecule has 1 aliphatic heterocycles. The van der Waals surface area contributed by atoms with E-state index in [-0.39, 0.29) is 6.61 Å². The topological polar surface area (TPSA) is 66.2 Å². The highest BCUT2D eigenvalue weighted by molar-refractivity contribution is 4.93. The maximum absolute atomic E-state index is 8.81. The molecule has 6 nitrogen and oxygen atoms in total. The molecule has 2 N–H and O–H groups in total. The number of aliphatic hydroxyl groups is 1. The standard InChI is InChI=1S/C13H23N5O/c19-6-5-18-10-12(15-16-18)8-14-7-11-3-4-17(9-11)13-1-2-13/h10-11,13-14,19H,1-9H2. The van der Waals surface area contributed by atoms with Crippen molar-refractivity contribution in [2.24, 2.45) is 5.92 Å². The Kier molecular flexibility index (Phi) is 4.10. The Bertz CT molecular complexity index is 403. The molecule has 19 heavy (non-hydrogen) atoms. The molecule has 0 radical (unpaired) electrons. The van der Waals surface area contributed by atoms with Crippen molar-refractivity contribution in [2.75, 3.05) is 26.2 Å². The van der Waals surface area contributed by atoms with E-state index in [4.69, 9.17) is 5.11 Å². The maximum atomic E-state index is 8.81. The Morgan fingerprint density at radius 2 is 2.26 bits per heavy atom. The maximum Gasteiger partial charge on any atom is 0.0964 e. The molecule has 0 bridgehead atoms. The summed E-state index contributed by atoms with van der Waals surface area (Å²) in [4.78, 5) is 2.64. The van der Waals surface area contributed by atoms with Crippen LogP contribution in [0.3, 0.4) is 0 Å². The number of hydrogen-bond donors (Lipinski definition) is 2. The van der Waals surface area contributed by atoms with Crippen LogP contribution < -0.4 is 5.32 Å². The Balaban J connectivity index is 1.35. The summed E-state index contributed by atoms with van der Waals surface area (Å²) in [6, 6.07) is 0.906. The van der Waals surface area contributed by atoms with Gasteiger partial charge in [-0.25, -0.2) is 4.68 Å². The molecule has 1 saturated carbocycles. The number of likely N-dealkylation sites (tertiary alicyclic amines) is 1. The quantitative estimate of drug-likeness (QED) is 0.717. The second-order valence-electron chi connectivity index (χ2n) is 5.71. The zero-order valence-corrected chi connectivity index (χ0v) is 11.3. The number of nitrogens with zero attached hydrogens (tertiary/aromatic N) is 4. The summed E-state index contributed by atoms with van der Waals surface area (Å²) in [5.41, 5.74) is 0.950. The first-order valence-corrected chi connectivity index (χ1v) is 7.30. The van der Waals surface area contributed by atoms with Crippen molar-refractivity contribution in [1.29, 1.82) is 0 Å². The number of rotatable bonds is 7. The van der Waals surface area contributed by atoms with Crippen molar-refractivity contribution >= 4 is 0 Å². The summed E-state index contributed by atoms with van der Waals surface area (Å²) in [6.07, 6.45) is 6.04. The number of nitrogens with one attached hydrogen (secondary N) is 1. The molecule has 0 aromatic carbocycles. The minimum absolute atomic E-state index is 0.106. The molecule has 0 spiro atoms. The average molecular weight is 265 g/mol. The summed E-state index contributed by atoms with van der Waals surface area (Å²) in [5.74, 6) is 0.785. The molecule has 1 aromatic rings. The molecule has 1 saturated heterocycles. The van der Waals surface area contributed by atoms with E-state index >= 15 is 0 Å². The largest absolute Gasteiger partial charge is 0.394 e. The number of aromatic nitrogens is 3. The lowest BCUT2D eigenvalue weighted by Crippen LogP contribution is -2.27. The molecule has 2 heterocycles. The summed E-state index contributed by atoms with van der Waals surface area (Å²) < 4.78 is 1.68. The van der Waals surface area contributed by atoms with Crippen molar-refractivity contribution in [3.63, 3.8) is 0 Å². The Morgan fingerprint density at radius 1 is 1.37 bits per heavy atom. The normalized spacial score (nSPS) is 24.2. The van der Waals surface area contributed by atoms with E-state index in [9.17, 15) is 0 Å². The Morgan fingerprint density at radius 3 is 3.05 bits per heavy atom. The molecule has 6 heteroatoms.